The van der Waals surface area contributed by atoms with Crippen LogP contribution in [0.1, 0.15) is 12.5 Å². The van der Waals surface area contributed by atoms with Gasteiger partial charge in [-0.05, 0) is 134 Å². The standard InChI is InChI=1S/C61H43NS/c1-3-4-8-18-41(2)52-27-16-29-54-55-30-17-28-53(61(55)63-60(52)54)50-37-48(45-24-15-23-44(35-45)42-19-9-5-10-20-42)36-49(38-50)47-32-34-59-57(40-47)56-39-46(43-21-11-6-12-22-43)31-33-58(56)62(59)51-25-13-7-14-26-51/h3-40H,1H2,2H3/b8-4-,41-18+. The molecule has 0 N–H and O–H groups in total. The van der Waals surface area contributed by atoms with Gasteiger partial charge in [0.25, 0.3) is 0 Å². The zero-order valence-corrected chi connectivity index (χ0v) is 35.8. The number of aromatic nitrogens is 1. The summed E-state index contributed by atoms with van der Waals surface area (Å²) in [6.45, 7) is 6.05. The molecule has 0 unspecified atom stereocenters. The molecule has 1 nitrogen and oxygen atoms in total. The first kappa shape index (κ1) is 38.2. The van der Waals surface area contributed by atoms with E-state index in [1.165, 1.54) is 109 Å². The first-order valence-electron chi connectivity index (χ1n) is 21.5. The Balaban J connectivity index is 1.14. The fourth-order valence-corrected chi connectivity index (χ4v) is 10.6. The molecular weight excluding hydrogens is 779 g/mol. The predicted octanol–water partition coefficient (Wildman–Crippen LogP) is 17.6. The van der Waals surface area contributed by atoms with Gasteiger partial charge in [-0.3, -0.25) is 0 Å². The highest BCUT2D eigenvalue weighted by atomic mass is 32.1. The smallest absolute Gasteiger partial charge is 0.0541 e. The van der Waals surface area contributed by atoms with Crippen LogP contribution in [0.2, 0.25) is 0 Å². The normalized spacial score (nSPS) is 12.0. The second-order valence-corrected chi connectivity index (χ2v) is 17.2. The molecule has 0 bridgehead atoms. The van der Waals surface area contributed by atoms with Crippen LogP contribution in [0.4, 0.5) is 0 Å². The van der Waals surface area contributed by atoms with E-state index in [2.05, 4.69) is 236 Å². The molecule has 0 aliphatic rings. The molecular formula is C61H43NS. The summed E-state index contributed by atoms with van der Waals surface area (Å²) in [5.74, 6) is 0. The van der Waals surface area contributed by atoms with Crippen molar-refractivity contribution in [1.82, 2.24) is 4.57 Å². The van der Waals surface area contributed by atoms with Crippen LogP contribution < -0.4 is 0 Å². The van der Waals surface area contributed by atoms with Crippen molar-refractivity contribution in [2.75, 3.05) is 0 Å². The van der Waals surface area contributed by atoms with E-state index in [0.717, 1.165) is 5.69 Å². The lowest BCUT2D eigenvalue weighted by molar-refractivity contribution is 1.18. The Bertz CT molecular complexity index is 3570. The maximum Gasteiger partial charge on any atom is 0.0541 e. The van der Waals surface area contributed by atoms with Crippen molar-refractivity contribution >= 4 is 58.9 Å². The summed E-state index contributed by atoms with van der Waals surface area (Å²) in [6, 6.07) is 75.8. The molecule has 11 rings (SSSR count). The van der Waals surface area contributed by atoms with Crippen molar-refractivity contribution in [2.24, 2.45) is 0 Å². The van der Waals surface area contributed by atoms with Crippen LogP contribution in [0.15, 0.2) is 237 Å². The second-order valence-electron chi connectivity index (χ2n) is 16.2. The van der Waals surface area contributed by atoms with Gasteiger partial charge in [0.1, 0.15) is 0 Å². The molecule has 2 aromatic heterocycles. The molecule has 0 fully saturated rings. The molecule has 0 aliphatic carbocycles. The maximum atomic E-state index is 3.85. The van der Waals surface area contributed by atoms with Crippen LogP contribution in [-0.2, 0) is 0 Å². The van der Waals surface area contributed by atoms with Crippen molar-refractivity contribution in [2.45, 2.75) is 6.92 Å². The molecule has 9 aromatic carbocycles. The summed E-state index contributed by atoms with van der Waals surface area (Å²) in [7, 11) is 0. The lowest BCUT2D eigenvalue weighted by Crippen LogP contribution is -1.93. The Morgan fingerprint density at radius 2 is 0.905 bits per heavy atom. The highest BCUT2D eigenvalue weighted by Gasteiger charge is 2.18. The molecule has 2 heteroatoms. The first-order chi connectivity index (χ1) is 31.1. The molecule has 0 atom stereocenters. The van der Waals surface area contributed by atoms with Crippen LogP contribution in [0, 0.1) is 0 Å². The summed E-state index contributed by atoms with van der Waals surface area (Å²) in [4.78, 5) is 0. The van der Waals surface area contributed by atoms with Gasteiger partial charge in [-0.1, -0.05) is 176 Å². The van der Waals surface area contributed by atoms with Crippen molar-refractivity contribution in [3.05, 3.63) is 243 Å². The van der Waals surface area contributed by atoms with E-state index < -0.39 is 0 Å². The van der Waals surface area contributed by atoms with Crippen molar-refractivity contribution < 1.29 is 0 Å². The maximum absolute atomic E-state index is 3.85. The van der Waals surface area contributed by atoms with Crippen LogP contribution >= 0.6 is 11.3 Å². The number of thiophene rings is 1. The minimum atomic E-state index is 1.15. The summed E-state index contributed by atoms with van der Waals surface area (Å²) < 4.78 is 5.01. The van der Waals surface area contributed by atoms with Gasteiger partial charge in [-0.2, -0.15) is 0 Å². The van der Waals surface area contributed by atoms with Gasteiger partial charge in [0.15, 0.2) is 0 Å². The van der Waals surface area contributed by atoms with E-state index in [0.29, 0.717) is 0 Å². The molecule has 0 spiro atoms. The van der Waals surface area contributed by atoms with Gasteiger partial charge < -0.3 is 4.57 Å². The largest absolute Gasteiger partial charge is 0.309 e. The van der Waals surface area contributed by atoms with Gasteiger partial charge in [-0.15, -0.1) is 11.3 Å². The van der Waals surface area contributed by atoms with E-state index in [4.69, 9.17) is 0 Å². The Morgan fingerprint density at radius 1 is 0.413 bits per heavy atom. The summed E-state index contributed by atoms with van der Waals surface area (Å²) >= 11 is 1.90. The fourth-order valence-electron chi connectivity index (χ4n) is 9.22. The number of rotatable bonds is 9. The highest BCUT2D eigenvalue weighted by Crippen LogP contribution is 2.45. The molecule has 11 aromatic rings. The topological polar surface area (TPSA) is 4.93 Å². The number of fused-ring (bicyclic) bond motifs is 6. The van der Waals surface area contributed by atoms with Gasteiger partial charge >= 0.3 is 0 Å². The molecule has 0 amide bonds. The Morgan fingerprint density at radius 3 is 1.54 bits per heavy atom. The average Bonchev–Trinajstić information content (AvgIpc) is 3.90. The van der Waals surface area contributed by atoms with Crippen molar-refractivity contribution in [3.63, 3.8) is 0 Å². The van der Waals surface area contributed by atoms with Gasteiger partial charge in [0, 0.05) is 36.6 Å². The molecule has 63 heavy (non-hydrogen) atoms. The average molecular weight is 822 g/mol. The lowest BCUT2D eigenvalue weighted by Gasteiger charge is -2.13. The van der Waals surface area contributed by atoms with E-state index in [-0.39, 0.29) is 0 Å². The molecule has 0 aliphatic heterocycles. The van der Waals surface area contributed by atoms with Crippen molar-refractivity contribution in [3.8, 4) is 61.3 Å². The number of allylic oxidation sites excluding steroid dienone is 5. The van der Waals surface area contributed by atoms with Crippen LogP contribution in [-0.4, -0.2) is 4.57 Å². The number of benzene rings is 9. The SMILES string of the molecule is C=C/C=C\C=C(/C)c1cccc2c1sc1c(-c3cc(-c4cccc(-c5ccccc5)c4)cc(-c4ccc5c(c4)c4cc(-c6ccccc6)ccc4n5-c4ccccc4)c3)cccc12. The number of hydrogen-bond acceptors (Lipinski definition) is 1. The minimum Gasteiger partial charge on any atom is -0.309 e. The summed E-state index contributed by atoms with van der Waals surface area (Å²) in [6.07, 6.45) is 8.04. The zero-order chi connectivity index (χ0) is 42.3. The van der Waals surface area contributed by atoms with Gasteiger partial charge in [0.2, 0.25) is 0 Å². The molecule has 0 saturated heterocycles. The minimum absolute atomic E-state index is 1.15. The Hall–Kier alpha value is -7.78. The monoisotopic (exact) mass is 821 g/mol. The Kier molecular flexibility index (Phi) is 9.84. The summed E-state index contributed by atoms with van der Waals surface area (Å²) in [5, 5.41) is 5.04. The molecule has 0 radical (unpaired) electrons. The second kappa shape index (κ2) is 16.2. The number of nitrogens with zero attached hydrogens (tertiary/aromatic N) is 1. The van der Waals surface area contributed by atoms with E-state index in [1.54, 1.807) is 0 Å². The third-order valence-corrected chi connectivity index (χ3v) is 13.6. The van der Waals surface area contributed by atoms with Gasteiger partial charge in [-0.25, -0.2) is 0 Å². The quantitative estimate of drug-likeness (QED) is 0.128. The van der Waals surface area contributed by atoms with E-state index in [9.17, 15) is 0 Å². The van der Waals surface area contributed by atoms with E-state index >= 15 is 0 Å². The fraction of sp³-hybridized carbons (Fsp3) is 0.0164. The molecule has 0 saturated carbocycles. The van der Waals surface area contributed by atoms with Gasteiger partial charge in [0.05, 0.1) is 11.0 Å². The third kappa shape index (κ3) is 7.01. The Labute approximate surface area is 372 Å². The zero-order valence-electron chi connectivity index (χ0n) is 35.0. The number of hydrogen-bond donors (Lipinski definition) is 0. The third-order valence-electron chi connectivity index (χ3n) is 12.3. The van der Waals surface area contributed by atoms with Crippen LogP contribution in [0.3, 0.4) is 0 Å². The lowest BCUT2D eigenvalue weighted by atomic mass is 9.91. The van der Waals surface area contributed by atoms with Crippen LogP contribution in [0.25, 0.3) is 109 Å². The number of para-hydroxylation sites is 1. The van der Waals surface area contributed by atoms with E-state index in [1.807, 2.05) is 23.5 Å². The highest BCUT2D eigenvalue weighted by molar-refractivity contribution is 7.26. The molecule has 2 heterocycles. The van der Waals surface area contributed by atoms with Crippen LogP contribution in [0.5, 0.6) is 0 Å². The summed E-state index contributed by atoms with van der Waals surface area (Å²) in [5.41, 5.74) is 18.0. The van der Waals surface area contributed by atoms with Crippen molar-refractivity contribution in [1.29, 1.82) is 0 Å². The predicted molar refractivity (Wildman–Crippen MR) is 274 cm³/mol. The molecule has 298 valence electrons. The first-order valence-corrected chi connectivity index (χ1v) is 22.3.